The SMILES string of the molecule is COc1ccc(C(=Nc2ccc([N+](=O)[O-])cc2)c2oc3ccccc3c2O)cc1OC. The lowest BCUT2D eigenvalue weighted by atomic mass is 10.1. The number of fused-ring (bicyclic) bond motifs is 1. The summed E-state index contributed by atoms with van der Waals surface area (Å²) < 4.78 is 16.6. The zero-order chi connectivity index (χ0) is 22.0. The molecule has 0 aliphatic heterocycles. The van der Waals surface area contributed by atoms with Crippen LogP contribution in [0, 0.1) is 10.1 Å². The first-order valence-corrected chi connectivity index (χ1v) is 9.28. The van der Waals surface area contributed by atoms with Crippen LogP contribution in [0.5, 0.6) is 17.2 Å². The van der Waals surface area contributed by atoms with Gasteiger partial charge in [-0.15, -0.1) is 0 Å². The Hall–Kier alpha value is -4.33. The minimum atomic E-state index is -0.478. The third-order valence-electron chi connectivity index (χ3n) is 4.74. The van der Waals surface area contributed by atoms with E-state index in [9.17, 15) is 15.2 Å². The van der Waals surface area contributed by atoms with Crippen molar-refractivity contribution in [2.45, 2.75) is 0 Å². The molecule has 0 aliphatic carbocycles. The van der Waals surface area contributed by atoms with E-state index < -0.39 is 4.92 Å². The maximum absolute atomic E-state index is 10.9. The number of nitro groups is 1. The van der Waals surface area contributed by atoms with E-state index in [2.05, 4.69) is 4.99 Å². The molecule has 4 aromatic rings. The fourth-order valence-corrected chi connectivity index (χ4v) is 3.20. The highest BCUT2D eigenvalue weighted by Gasteiger charge is 2.21. The Morgan fingerprint density at radius 3 is 2.35 bits per heavy atom. The van der Waals surface area contributed by atoms with Crippen molar-refractivity contribution in [1.29, 1.82) is 0 Å². The van der Waals surface area contributed by atoms with Crippen LogP contribution in [0.15, 0.2) is 76.1 Å². The third kappa shape index (κ3) is 3.78. The lowest BCUT2D eigenvalue weighted by Gasteiger charge is -2.11. The summed E-state index contributed by atoms with van der Waals surface area (Å²) in [6.07, 6.45) is 0. The predicted octanol–water partition coefficient (Wildman–Crippen LogP) is 5.23. The number of furan rings is 1. The Bertz CT molecular complexity index is 1290. The van der Waals surface area contributed by atoms with Crippen LogP contribution in [0.25, 0.3) is 11.0 Å². The number of aromatic hydroxyl groups is 1. The van der Waals surface area contributed by atoms with Crippen LogP contribution >= 0.6 is 0 Å². The van der Waals surface area contributed by atoms with Crippen molar-refractivity contribution in [1.82, 2.24) is 0 Å². The van der Waals surface area contributed by atoms with Gasteiger partial charge in [0.25, 0.3) is 5.69 Å². The largest absolute Gasteiger partial charge is 0.504 e. The first kappa shape index (κ1) is 20.0. The molecule has 0 saturated heterocycles. The van der Waals surface area contributed by atoms with Gasteiger partial charge >= 0.3 is 0 Å². The summed E-state index contributed by atoms with van der Waals surface area (Å²) >= 11 is 0. The minimum Gasteiger partial charge on any atom is -0.504 e. The van der Waals surface area contributed by atoms with Crippen molar-refractivity contribution in [2.24, 2.45) is 4.99 Å². The van der Waals surface area contributed by atoms with Crippen LogP contribution in [0.4, 0.5) is 11.4 Å². The number of rotatable bonds is 6. The number of para-hydroxylation sites is 1. The van der Waals surface area contributed by atoms with Gasteiger partial charge < -0.3 is 19.0 Å². The maximum atomic E-state index is 10.9. The quantitative estimate of drug-likeness (QED) is 0.261. The van der Waals surface area contributed by atoms with Crippen molar-refractivity contribution in [3.63, 3.8) is 0 Å². The molecular formula is C23H18N2O6. The lowest BCUT2D eigenvalue weighted by molar-refractivity contribution is -0.384. The Kier molecular flexibility index (Phi) is 5.28. The van der Waals surface area contributed by atoms with Gasteiger partial charge in [0, 0.05) is 17.7 Å². The molecule has 8 nitrogen and oxygen atoms in total. The molecule has 0 fully saturated rings. The Balaban J connectivity index is 1.92. The minimum absolute atomic E-state index is 0.0433. The number of non-ortho nitro benzene ring substituents is 1. The van der Waals surface area contributed by atoms with E-state index in [1.54, 1.807) is 42.5 Å². The van der Waals surface area contributed by atoms with Crippen molar-refractivity contribution >= 4 is 28.1 Å². The predicted molar refractivity (Wildman–Crippen MR) is 116 cm³/mol. The Morgan fingerprint density at radius 2 is 1.71 bits per heavy atom. The number of ether oxygens (including phenoxy) is 2. The zero-order valence-corrected chi connectivity index (χ0v) is 16.7. The molecule has 0 saturated carbocycles. The summed E-state index contributed by atoms with van der Waals surface area (Å²) in [4.78, 5) is 15.1. The van der Waals surface area contributed by atoms with Crippen molar-refractivity contribution in [3.05, 3.63) is 88.2 Å². The maximum Gasteiger partial charge on any atom is 0.269 e. The van der Waals surface area contributed by atoms with Gasteiger partial charge in [-0.05, 0) is 42.5 Å². The molecule has 4 rings (SSSR count). The fourth-order valence-electron chi connectivity index (χ4n) is 3.20. The highest BCUT2D eigenvalue weighted by atomic mass is 16.6. The van der Waals surface area contributed by atoms with E-state index >= 15 is 0 Å². The summed E-state index contributed by atoms with van der Waals surface area (Å²) in [6, 6.07) is 18.1. The third-order valence-corrected chi connectivity index (χ3v) is 4.74. The van der Waals surface area contributed by atoms with Gasteiger partial charge in [0.1, 0.15) is 11.3 Å². The second-order valence-corrected chi connectivity index (χ2v) is 6.58. The second kappa shape index (κ2) is 8.19. The second-order valence-electron chi connectivity index (χ2n) is 6.58. The van der Waals surface area contributed by atoms with E-state index in [1.165, 1.54) is 38.5 Å². The van der Waals surface area contributed by atoms with E-state index in [-0.39, 0.29) is 17.2 Å². The van der Waals surface area contributed by atoms with Crippen molar-refractivity contribution in [3.8, 4) is 17.2 Å². The van der Waals surface area contributed by atoms with Crippen molar-refractivity contribution < 1.29 is 23.9 Å². The van der Waals surface area contributed by atoms with Gasteiger partial charge in [-0.3, -0.25) is 10.1 Å². The molecule has 1 N–H and O–H groups in total. The highest BCUT2D eigenvalue weighted by molar-refractivity contribution is 6.16. The molecule has 8 heteroatoms. The first-order valence-electron chi connectivity index (χ1n) is 9.28. The number of nitro benzene ring substituents is 1. The van der Waals surface area contributed by atoms with Gasteiger partial charge in [-0.2, -0.15) is 0 Å². The van der Waals surface area contributed by atoms with E-state index in [1.807, 2.05) is 0 Å². The number of methoxy groups -OCH3 is 2. The number of benzene rings is 3. The van der Waals surface area contributed by atoms with E-state index in [0.717, 1.165) is 0 Å². The molecule has 0 radical (unpaired) electrons. The number of hydrogen-bond donors (Lipinski definition) is 1. The summed E-state index contributed by atoms with van der Waals surface area (Å²) in [7, 11) is 3.06. The van der Waals surface area contributed by atoms with Crippen LogP contribution in [0.1, 0.15) is 11.3 Å². The summed E-state index contributed by atoms with van der Waals surface area (Å²) in [5.74, 6) is 1.14. The van der Waals surface area contributed by atoms with Gasteiger partial charge in [-0.1, -0.05) is 12.1 Å². The average Bonchev–Trinajstić information content (AvgIpc) is 3.13. The molecule has 3 aromatic carbocycles. The Labute approximate surface area is 177 Å². The normalized spacial score (nSPS) is 11.5. The standard InChI is InChI=1S/C23H18N2O6/c1-29-19-12-7-14(13-20(19)30-2)21(24-15-8-10-16(11-9-15)25(27)28)23-22(26)17-5-3-4-6-18(17)31-23/h3-13,26H,1-2H3. The molecule has 156 valence electrons. The highest BCUT2D eigenvalue weighted by Crippen LogP contribution is 2.36. The monoisotopic (exact) mass is 418 g/mol. The van der Waals surface area contributed by atoms with Crippen LogP contribution in [-0.4, -0.2) is 30.0 Å². The average molecular weight is 418 g/mol. The molecule has 31 heavy (non-hydrogen) atoms. The number of nitrogens with zero attached hydrogens (tertiary/aromatic N) is 2. The first-order chi connectivity index (χ1) is 15.0. The fraction of sp³-hybridized carbons (Fsp3) is 0.0870. The molecule has 1 aromatic heterocycles. The Morgan fingerprint density at radius 1 is 1.00 bits per heavy atom. The van der Waals surface area contributed by atoms with E-state index in [4.69, 9.17) is 13.9 Å². The van der Waals surface area contributed by atoms with Crippen LogP contribution in [0.3, 0.4) is 0 Å². The van der Waals surface area contributed by atoms with Gasteiger partial charge in [0.2, 0.25) is 0 Å². The van der Waals surface area contributed by atoms with Gasteiger partial charge in [-0.25, -0.2) is 4.99 Å². The van der Waals surface area contributed by atoms with Crippen LogP contribution in [0.2, 0.25) is 0 Å². The van der Waals surface area contributed by atoms with Crippen LogP contribution in [-0.2, 0) is 0 Å². The molecule has 0 unspecified atom stereocenters. The smallest absolute Gasteiger partial charge is 0.269 e. The van der Waals surface area contributed by atoms with Gasteiger partial charge in [0.05, 0.1) is 30.2 Å². The molecular weight excluding hydrogens is 400 g/mol. The lowest BCUT2D eigenvalue weighted by Crippen LogP contribution is -2.03. The molecule has 1 heterocycles. The molecule has 0 bridgehead atoms. The summed E-state index contributed by atoms with van der Waals surface area (Å²) in [6.45, 7) is 0. The topological polar surface area (TPSA) is 107 Å². The summed E-state index contributed by atoms with van der Waals surface area (Å²) in [5, 5.41) is 22.3. The molecule has 0 aliphatic rings. The number of hydrogen-bond acceptors (Lipinski definition) is 7. The molecule has 0 atom stereocenters. The van der Waals surface area contributed by atoms with Crippen molar-refractivity contribution in [2.75, 3.05) is 14.2 Å². The summed E-state index contributed by atoms with van der Waals surface area (Å²) in [5.41, 5.74) is 1.86. The van der Waals surface area contributed by atoms with Gasteiger partial charge in [0.15, 0.2) is 23.0 Å². The molecule has 0 spiro atoms. The zero-order valence-electron chi connectivity index (χ0n) is 16.7. The number of aliphatic imine (C=N–C) groups is 1. The van der Waals surface area contributed by atoms with Crippen LogP contribution < -0.4 is 9.47 Å². The van der Waals surface area contributed by atoms with E-state index in [0.29, 0.717) is 39.4 Å². The molecule has 0 amide bonds.